The zero-order valence-electron chi connectivity index (χ0n) is 10.1. The minimum atomic E-state index is -4.63. The van der Waals surface area contributed by atoms with Crippen LogP contribution in [0.4, 0.5) is 18.9 Å². The molecular weight excluding hydrogens is 249 g/mol. The number of nitrogens with zero attached hydrogens (tertiary/aromatic N) is 1. The summed E-state index contributed by atoms with van der Waals surface area (Å²) in [5.74, 6) is -0.980. The summed E-state index contributed by atoms with van der Waals surface area (Å²) >= 11 is 0. The summed E-state index contributed by atoms with van der Waals surface area (Å²) in [7, 11) is 0. The molecule has 4 nitrogen and oxygen atoms in total. The van der Waals surface area contributed by atoms with Crippen molar-refractivity contribution in [1.29, 1.82) is 0 Å². The fraction of sp³-hybridized carbons (Fsp3) is 0.455. The van der Waals surface area contributed by atoms with Gasteiger partial charge in [0.25, 0.3) is 0 Å². The fourth-order valence-corrected chi connectivity index (χ4v) is 1.12. The van der Waals surface area contributed by atoms with Gasteiger partial charge in [-0.25, -0.2) is 9.78 Å². The van der Waals surface area contributed by atoms with Crippen molar-refractivity contribution >= 4 is 11.7 Å². The van der Waals surface area contributed by atoms with Crippen molar-refractivity contribution in [2.75, 3.05) is 5.73 Å². The van der Waals surface area contributed by atoms with Crippen molar-refractivity contribution in [1.82, 2.24) is 4.98 Å². The Morgan fingerprint density at radius 1 is 1.28 bits per heavy atom. The second kappa shape index (κ2) is 4.47. The number of hydrogen-bond donors (Lipinski definition) is 1. The van der Waals surface area contributed by atoms with Crippen LogP contribution < -0.4 is 5.73 Å². The largest absolute Gasteiger partial charge is 0.455 e. The van der Waals surface area contributed by atoms with Crippen LogP contribution in [0.2, 0.25) is 0 Å². The summed E-state index contributed by atoms with van der Waals surface area (Å²) in [6.07, 6.45) is -4.63. The van der Waals surface area contributed by atoms with Gasteiger partial charge in [-0.2, -0.15) is 13.2 Å². The average Bonchev–Trinajstić information content (AvgIpc) is 2.13. The van der Waals surface area contributed by atoms with Crippen LogP contribution in [0.15, 0.2) is 12.1 Å². The highest BCUT2D eigenvalue weighted by atomic mass is 19.4. The molecule has 0 fully saturated rings. The summed E-state index contributed by atoms with van der Waals surface area (Å²) in [5.41, 5.74) is 2.72. The second-order valence-corrected chi connectivity index (χ2v) is 4.63. The molecule has 2 N–H and O–H groups in total. The molecule has 0 bridgehead atoms. The highest BCUT2D eigenvalue weighted by Crippen LogP contribution is 2.29. The Balaban J connectivity index is 3.13. The van der Waals surface area contributed by atoms with Gasteiger partial charge in [-0.1, -0.05) is 0 Å². The molecule has 1 aromatic rings. The van der Waals surface area contributed by atoms with E-state index in [9.17, 15) is 18.0 Å². The van der Waals surface area contributed by atoms with E-state index in [2.05, 4.69) is 4.98 Å². The van der Waals surface area contributed by atoms with Gasteiger partial charge in [0.05, 0.1) is 5.69 Å². The van der Waals surface area contributed by atoms with E-state index in [-0.39, 0.29) is 5.69 Å². The maximum atomic E-state index is 12.4. The number of aromatic nitrogens is 1. The highest BCUT2D eigenvalue weighted by molar-refractivity contribution is 5.93. The zero-order chi connectivity index (χ0) is 14.1. The van der Waals surface area contributed by atoms with Crippen molar-refractivity contribution in [3.8, 4) is 0 Å². The van der Waals surface area contributed by atoms with Gasteiger partial charge in [-0.3, -0.25) is 0 Å². The number of carbonyl (C=O) groups excluding carboxylic acids is 1. The highest BCUT2D eigenvalue weighted by Gasteiger charge is 2.34. The number of hydrogen-bond acceptors (Lipinski definition) is 4. The van der Waals surface area contributed by atoms with Gasteiger partial charge in [0.1, 0.15) is 11.3 Å². The summed E-state index contributed by atoms with van der Waals surface area (Å²) in [5, 5.41) is 0. The molecule has 1 rings (SSSR count). The first-order valence-corrected chi connectivity index (χ1v) is 5.08. The third kappa shape index (κ3) is 3.61. The molecule has 1 heterocycles. The van der Waals surface area contributed by atoms with Gasteiger partial charge < -0.3 is 10.5 Å². The van der Waals surface area contributed by atoms with E-state index < -0.39 is 29.1 Å². The lowest BCUT2D eigenvalue weighted by Gasteiger charge is -2.19. The number of esters is 1. The van der Waals surface area contributed by atoms with Gasteiger partial charge in [0.15, 0.2) is 5.69 Å². The molecule has 7 heteroatoms. The Morgan fingerprint density at radius 3 is 2.28 bits per heavy atom. The molecule has 0 aliphatic carbocycles. The fourth-order valence-electron chi connectivity index (χ4n) is 1.12. The second-order valence-electron chi connectivity index (χ2n) is 4.63. The van der Waals surface area contributed by atoms with Gasteiger partial charge in [0.2, 0.25) is 0 Å². The lowest BCUT2D eigenvalue weighted by molar-refractivity contribution is -0.141. The summed E-state index contributed by atoms with van der Waals surface area (Å²) < 4.78 is 42.3. The molecule has 0 aliphatic heterocycles. The standard InChI is InChI=1S/C11H13F3N2O2/c1-10(2,3)18-9(17)8-6(15)4-5-7(16-8)11(12,13)14/h4-5H,15H2,1-3H3. The quantitative estimate of drug-likeness (QED) is 0.790. The minimum absolute atomic E-state index is 0.155. The Morgan fingerprint density at radius 2 is 1.83 bits per heavy atom. The van der Waals surface area contributed by atoms with Gasteiger partial charge in [-0.05, 0) is 32.9 Å². The first-order chi connectivity index (χ1) is 8.00. The number of nitrogens with two attached hydrogens (primary N) is 1. The van der Waals surface area contributed by atoms with E-state index in [1.54, 1.807) is 20.8 Å². The van der Waals surface area contributed by atoms with E-state index >= 15 is 0 Å². The number of nitrogen functional groups attached to an aromatic ring is 1. The lowest BCUT2D eigenvalue weighted by Crippen LogP contribution is -2.25. The van der Waals surface area contributed by atoms with Crippen LogP contribution in [-0.2, 0) is 10.9 Å². The number of anilines is 1. The first-order valence-electron chi connectivity index (χ1n) is 5.08. The molecule has 0 saturated heterocycles. The molecular formula is C11H13F3N2O2. The smallest absolute Gasteiger partial charge is 0.433 e. The Kier molecular flexibility index (Phi) is 3.54. The predicted molar refractivity (Wildman–Crippen MR) is 58.8 cm³/mol. The van der Waals surface area contributed by atoms with E-state index in [4.69, 9.17) is 10.5 Å². The lowest BCUT2D eigenvalue weighted by atomic mass is 10.2. The molecule has 100 valence electrons. The van der Waals surface area contributed by atoms with Gasteiger partial charge >= 0.3 is 12.1 Å². The Labute approximate surface area is 102 Å². The minimum Gasteiger partial charge on any atom is -0.455 e. The maximum Gasteiger partial charge on any atom is 0.433 e. The molecule has 0 aromatic carbocycles. The molecule has 0 saturated carbocycles. The molecule has 0 amide bonds. The average molecular weight is 262 g/mol. The predicted octanol–water partition coefficient (Wildman–Crippen LogP) is 2.64. The van der Waals surface area contributed by atoms with Crippen LogP contribution in [0.3, 0.4) is 0 Å². The normalized spacial score (nSPS) is 12.3. The van der Waals surface area contributed by atoms with Crippen LogP contribution in [0.25, 0.3) is 0 Å². The number of rotatable bonds is 1. The molecule has 0 atom stereocenters. The molecule has 0 radical (unpaired) electrons. The van der Waals surface area contributed by atoms with Crippen molar-refractivity contribution in [2.45, 2.75) is 32.5 Å². The topological polar surface area (TPSA) is 65.2 Å². The van der Waals surface area contributed by atoms with Crippen LogP contribution in [0, 0.1) is 0 Å². The van der Waals surface area contributed by atoms with E-state index in [0.29, 0.717) is 6.07 Å². The van der Waals surface area contributed by atoms with Crippen molar-refractivity contribution in [3.05, 3.63) is 23.5 Å². The SMILES string of the molecule is CC(C)(C)OC(=O)c1nc(C(F)(F)F)ccc1N. The monoisotopic (exact) mass is 262 g/mol. The number of alkyl halides is 3. The number of carbonyl (C=O) groups is 1. The van der Waals surface area contributed by atoms with Crippen molar-refractivity contribution in [2.24, 2.45) is 0 Å². The Bertz CT molecular complexity index is 464. The molecule has 0 spiro atoms. The Hall–Kier alpha value is -1.79. The third-order valence-corrected chi connectivity index (χ3v) is 1.81. The van der Waals surface area contributed by atoms with Gasteiger partial charge in [-0.15, -0.1) is 0 Å². The van der Waals surface area contributed by atoms with Crippen LogP contribution >= 0.6 is 0 Å². The summed E-state index contributed by atoms with van der Waals surface area (Å²) in [6, 6.07) is 1.69. The summed E-state index contributed by atoms with van der Waals surface area (Å²) in [4.78, 5) is 14.8. The zero-order valence-corrected chi connectivity index (χ0v) is 10.1. The molecule has 18 heavy (non-hydrogen) atoms. The van der Waals surface area contributed by atoms with E-state index in [0.717, 1.165) is 6.07 Å². The van der Waals surface area contributed by atoms with Gasteiger partial charge in [0, 0.05) is 0 Å². The number of halogens is 3. The van der Waals surface area contributed by atoms with E-state index in [1.807, 2.05) is 0 Å². The summed E-state index contributed by atoms with van der Waals surface area (Å²) in [6.45, 7) is 4.78. The van der Waals surface area contributed by atoms with Crippen LogP contribution in [-0.4, -0.2) is 16.6 Å². The van der Waals surface area contributed by atoms with Crippen molar-refractivity contribution in [3.63, 3.8) is 0 Å². The maximum absolute atomic E-state index is 12.4. The van der Waals surface area contributed by atoms with Crippen molar-refractivity contribution < 1.29 is 22.7 Å². The number of ether oxygens (including phenoxy) is 1. The third-order valence-electron chi connectivity index (χ3n) is 1.81. The first kappa shape index (κ1) is 14.3. The molecule has 0 unspecified atom stereocenters. The molecule has 1 aromatic heterocycles. The van der Waals surface area contributed by atoms with Crippen LogP contribution in [0.5, 0.6) is 0 Å². The molecule has 0 aliphatic rings. The van der Waals surface area contributed by atoms with E-state index in [1.165, 1.54) is 0 Å². The number of pyridine rings is 1. The van der Waals surface area contributed by atoms with Crippen LogP contribution in [0.1, 0.15) is 37.0 Å².